The first-order chi connectivity index (χ1) is 16.6. The minimum atomic E-state index is -3.78. The van der Waals surface area contributed by atoms with Crippen molar-refractivity contribution in [2.45, 2.75) is 89.1 Å². The van der Waals surface area contributed by atoms with Gasteiger partial charge in [0, 0.05) is 31.6 Å². The zero-order chi connectivity index (χ0) is 24.8. The largest absolute Gasteiger partial charge is 0.460 e. The zero-order valence-electron chi connectivity index (χ0n) is 20.9. The van der Waals surface area contributed by atoms with Crippen molar-refractivity contribution in [2.24, 2.45) is 5.92 Å². The Morgan fingerprint density at radius 1 is 0.943 bits per heavy atom. The number of alkyl halides is 1. The molecule has 2 saturated carbocycles. The van der Waals surface area contributed by atoms with E-state index >= 15 is 8.96 Å². The summed E-state index contributed by atoms with van der Waals surface area (Å²) in [5.74, 6) is -1.58. The molecule has 7 heteroatoms. The number of carbonyl (C=O) groups excluding carboxylic acids is 1. The number of rotatable bonds is 6. The lowest BCUT2D eigenvalue weighted by Crippen LogP contribution is -2.39. The molecule has 0 radical (unpaired) electrons. The molecule has 0 aromatic heterocycles. The molecule has 5 nitrogen and oxygen atoms in total. The number of hydrogen-bond donors (Lipinski definition) is 0. The molecule has 0 bridgehead atoms. The number of nitrogens with zero attached hydrogens (tertiary/aromatic N) is 2. The number of carbonyl (C=O) groups is 1. The van der Waals surface area contributed by atoms with Crippen LogP contribution in [0.4, 0.5) is 4.39 Å². The highest BCUT2D eigenvalue weighted by atomic mass is 31.2. The van der Waals surface area contributed by atoms with Crippen molar-refractivity contribution in [1.29, 1.82) is 0 Å². The SMILES string of the molecule is CC(C)(C)OC(=O)[C@@H]1C[C@@]1(F)P1(=O)N(Cc2ccccc2)[C@@H]2CCCC[C@H]2N1Cc1ccccc1. The third-order valence-electron chi connectivity index (χ3n) is 7.57. The average Bonchev–Trinajstić information content (AvgIpc) is 3.49. The fourth-order valence-electron chi connectivity index (χ4n) is 5.92. The van der Waals surface area contributed by atoms with Crippen LogP contribution in [-0.4, -0.2) is 38.4 Å². The maximum absolute atomic E-state index is 17.0. The minimum Gasteiger partial charge on any atom is -0.460 e. The van der Waals surface area contributed by atoms with Crippen LogP contribution in [0.5, 0.6) is 0 Å². The summed E-state index contributed by atoms with van der Waals surface area (Å²) < 4.78 is 41.7. The van der Waals surface area contributed by atoms with Crippen molar-refractivity contribution in [2.75, 3.05) is 0 Å². The molecule has 0 unspecified atom stereocenters. The van der Waals surface area contributed by atoms with Crippen LogP contribution in [-0.2, 0) is 27.2 Å². The highest BCUT2D eigenvalue weighted by molar-refractivity contribution is 7.61. The van der Waals surface area contributed by atoms with Crippen molar-refractivity contribution in [3.05, 3.63) is 71.8 Å². The maximum atomic E-state index is 17.0. The van der Waals surface area contributed by atoms with Gasteiger partial charge in [0.1, 0.15) is 11.5 Å². The van der Waals surface area contributed by atoms with Gasteiger partial charge >= 0.3 is 5.97 Å². The van der Waals surface area contributed by atoms with Crippen LogP contribution >= 0.6 is 7.44 Å². The summed E-state index contributed by atoms with van der Waals surface area (Å²) in [7, 11) is -3.78. The Balaban J connectivity index is 1.56. The van der Waals surface area contributed by atoms with E-state index in [4.69, 9.17) is 4.74 Å². The lowest BCUT2D eigenvalue weighted by molar-refractivity contribution is -0.157. The van der Waals surface area contributed by atoms with Crippen LogP contribution in [0.15, 0.2) is 60.7 Å². The Morgan fingerprint density at radius 3 is 1.83 bits per heavy atom. The molecule has 5 rings (SSSR count). The monoisotopic (exact) mass is 498 g/mol. The summed E-state index contributed by atoms with van der Waals surface area (Å²) >= 11 is 0. The second-order valence-electron chi connectivity index (χ2n) is 11.2. The summed E-state index contributed by atoms with van der Waals surface area (Å²) in [6.45, 7) is 6.17. The Bertz CT molecular complexity index is 1040. The molecule has 4 atom stereocenters. The van der Waals surface area contributed by atoms with Gasteiger partial charge in [0.25, 0.3) is 7.44 Å². The first-order valence-corrected chi connectivity index (χ1v) is 14.4. The van der Waals surface area contributed by atoms with E-state index in [0.29, 0.717) is 13.1 Å². The summed E-state index contributed by atoms with van der Waals surface area (Å²) in [5, 5.41) is -2.10. The van der Waals surface area contributed by atoms with E-state index in [2.05, 4.69) is 0 Å². The third kappa shape index (κ3) is 4.50. The number of fused-ring (bicyclic) bond motifs is 1. The highest BCUT2D eigenvalue weighted by Crippen LogP contribution is 2.81. The molecule has 0 N–H and O–H groups in total. The molecule has 0 amide bonds. The Kier molecular flexibility index (Phi) is 6.44. The Labute approximate surface area is 208 Å². The van der Waals surface area contributed by atoms with Gasteiger partial charge in [-0.1, -0.05) is 73.5 Å². The predicted molar refractivity (Wildman–Crippen MR) is 135 cm³/mol. The molecule has 35 heavy (non-hydrogen) atoms. The molecule has 3 fully saturated rings. The summed E-state index contributed by atoms with van der Waals surface area (Å²) in [4.78, 5) is 13.0. The van der Waals surface area contributed by atoms with Crippen LogP contribution in [0.1, 0.15) is 64.0 Å². The van der Waals surface area contributed by atoms with Crippen LogP contribution in [0.2, 0.25) is 0 Å². The molecule has 0 spiro atoms. The molecule has 1 heterocycles. The van der Waals surface area contributed by atoms with Crippen molar-refractivity contribution in [1.82, 2.24) is 9.34 Å². The molecular formula is C28H36FN2O3P. The lowest BCUT2D eigenvalue weighted by atomic mass is 9.90. The molecule has 2 aliphatic carbocycles. The van der Waals surface area contributed by atoms with Crippen LogP contribution in [0, 0.1) is 5.92 Å². The lowest BCUT2D eigenvalue weighted by Gasteiger charge is -2.35. The first kappa shape index (κ1) is 24.7. The van der Waals surface area contributed by atoms with Gasteiger partial charge in [0.05, 0.1) is 0 Å². The minimum absolute atomic E-state index is 0.00557. The van der Waals surface area contributed by atoms with E-state index in [-0.39, 0.29) is 18.5 Å². The van der Waals surface area contributed by atoms with Gasteiger partial charge in [0.15, 0.2) is 0 Å². The number of benzene rings is 2. The molecule has 3 aliphatic rings. The smallest absolute Gasteiger partial charge is 0.313 e. The maximum Gasteiger partial charge on any atom is 0.313 e. The van der Waals surface area contributed by atoms with Crippen molar-refractivity contribution in [3.8, 4) is 0 Å². The molecule has 2 aromatic carbocycles. The van der Waals surface area contributed by atoms with E-state index in [1.807, 2.05) is 70.0 Å². The standard InChI is InChI=1S/C28H36FN2O3P/c1-27(2,3)34-26(32)23-18-28(23,29)35(33)30(19-21-12-6-4-7-13-21)24-16-10-11-17-25(24)31(35)20-22-14-8-5-9-15-22/h4-9,12-15,23-25H,10-11,16-20H2,1-3H3/t23-,24+,25+,28+/m0/s1. The molecule has 1 aliphatic heterocycles. The van der Waals surface area contributed by atoms with Crippen molar-refractivity contribution < 1.29 is 18.5 Å². The van der Waals surface area contributed by atoms with E-state index in [1.165, 1.54) is 0 Å². The van der Waals surface area contributed by atoms with Gasteiger partial charge in [-0.25, -0.2) is 13.7 Å². The van der Waals surface area contributed by atoms with Gasteiger partial charge in [0.2, 0.25) is 5.41 Å². The zero-order valence-corrected chi connectivity index (χ0v) is 21.8. The van der Waals surface area contributed by atoms with E-state index in [1.54, 1.807) is 20.8 Å². The van der Waals surface area contributed by atoms with Gasteiger partial charge in [-0.3, -0.25) is 9.36 Å². The van der Waals surface area contributed by atoms with Gasteiger partial charge in [-0.05, 0) is 44.7 Å². The number of halogens is 1. The second kappa shape index (κ2) is 9.14. The van der Waals surface area contributed by atoms with Crippen LogP contribution in [0.3, 0.4) is 0 Å². The van der Waals surface area contributed by atoms with E-state index in [9.17, 15) is 4.79 Å². The Hall–Kier alpha value is -2.01. The number of esters is 1. The van der Waals surface area contributed by atoms with E-state index in [0.717, 1.165) is 36.8 Å². The van der Waals surface area contributed by atoms with Crippen LogP contribution in [0.25, 0.3) is 0 Å². The second-order valence-corrected chi connectivity index (χ2v) is 14.1. The average molecular weight is 499 g/mol. The van der Waals surface area contributed by atoms with Gasteiger partial charge < -0.3 is 4.74 Å². The van der Waals surface area contributed by atoms with Crippen molar-refractivity contribution in [3.63, 3.8) is 0 Å². The summed E-state index contributed by atoms with van der Waals surface area (Å²) in [5.41, 5.74) is 1.31. The van der Waals surface area contributed by atoms with Crippen molar-refractivity contribution >= 4 is 13.4 Å². The highest BCUT2D eigenvalue weighted by Gasteiger charge is 2.78. The topological polar surface area (TPSA) is 49.9 Å². The van der Waals surface area contributed by atoms with Gasteiger partial charge in [-0.2, -0.15) is 0 Å². The van der Waals surface area contributed by atoms with E-state index < -0.39 is 30.3 Å². The fraction of sp³-hybridized carbons (Fsp3) is 0.536. The summed E-state index contributed by atoms with van der Waals surface area (Å²) in [6, 6.07) is 19.8. The molecule has 1 saturated heterocycles. The number of ether oxygens (including phenoxy) is 1. The van der Waals surface area contributed by atoms with Crippen LogP contribution < -0.4 is 0 Å². The Morgan fingerprint density at radius 2 is 1.40 bits per heavy atom. The quantitative estimate of drug-likeness (QED) is 0.335. The normalized spacial score (nSPS) is 30.6. The third-order valence-corrected chi connectivity index (χ3v) is 11.3. The molecular weight excluding hydrogens is 462 g/mol. The molecule has 188 valence electrons. The molecule has 2 aromatic rings. The number of hydrogen-bond acceptors (Lipinski definition) is 3. The summed E-state index contributed by atoms with van der Waals surface area (Å²) in [6.07, 6.45) is 3.82. The predicted octanol–water partition coefficient (Wildman–Crippen LogP) is 6.54. The first-order valence-electron chi connectivity index (χ1n) is 12.8. The fourth-order valence-corrected chi connectivity index (χ4v) is 10.1. The van der Waals surface area contributed by atoms with Gasteiger partial charge in [-0.15, -0.1) is 0 Å².